The Morgan fingerprint density at radius 2 is 2.12 bits per heavy atom. The van der Waals surface area contributed by atoms with Crippen LogP contribution in [0.2, 0.25) is 0 Å². The van der Waals surface area contributed by atoms with E-state index in [1.807, 2.05) is 0 Å². The number of nitrogens with zero attached hydrogens (tertiary/aromatic N) is 3. The molecule has 1 aromatic carbocycles. The molecule has 0 saturated carbocycles. The number of hydrogen-bond donors (Lipinski definition) is 0. The highest BCUT2D eigenvalue weighted by molar-refractivity contribution is 5.85. The number of nitriles is 2. The molecule has 0 heterocycles. The Labute approximate surface area is 90.5 Å². The molecule has 0 N–H and O–H groups in total. The number of benzene rings is 1. The smallest absolute Gasteiger partial charge is 0.280 e. The summed E-state index contributed by atoms with van der Waals surface area (Å²) in [6.07, 6.45) is 0.0876. The van der Waals surface area contributed by atoms with E-state index in [0.29, 0.717) is 6.29 Å². The minimum atomic E-state index is -0.717. The van der Waals surface area contributed by atoms with E-state index >= 15 is 0 Å². The van der Waals surface area contributed by atoms with Crippen LogP contribution in [0.1, 0.15) is 21.5 Å². The van der Waals surface area contributed by atoms with E-state index < -0.39 is 4.92 Å². The zero-order valence-electron chi connectivity index (χ0n) is 8.01. The maximum absolute atomic E-state index is 10.8. The molecule has 0 aromatic heterocycles. The molecule has 6 heteroatoms. The molecule has 0 atom stereocenters. The second-order valence-electron chi connectivity index (χ2n) is 2.85. The highest BCUT2D eigenvalue weighted by atomic mass is 16.6. The fraction of sp³-hybridized carbons (Fsp3) is 0.100. The molecule has 0 unspecified atom stereocenters. The first-order valence-electron chi connectivity index (χ1n) is 4.18. The SMILES string of the molecule is N#CCc1c(C#N)ccc([N+](=O)[O-])c1C=O. The predicted molar refractivity (Wildman–Crippen MR) is 52.5 cm³/mol. The van der Waals surface area contributed by atoms with Crippen molar-refractivity contribution in [2.45, 2.75) is 6.42 Å². The van der Waals surface area contributed by atoms with Crippen LogP contribution in [-0.4, -0.2) is 11.2 Å². The molecule has 1 rings (SSSR count). The van der Waals surface area contributed by atoms with E-state index in [4.69, 9.17) is 10.5 Å². The second-order valence-corrected chi connectivity index (χ2v) is 2.85. The van der Waals surface area contributed by atoms with Gasteiger partial charge in [0.2, 0.25) is 0 Å². The summed E-state index contributed by atoms with van der Waals surface area (Å²) in [5.41, 5.74) is -0.381. The van der Waals surface area contributed by atoms with Crippen LogP contribution >= 0.6 is 0 Å². The van der Waals surface area contributed by atoms with Gasteiger partial charge < -0.3 is 0 Å². The lowest BCUT2D eigenvalue weighted by molar-refractivity contribution is -0.385. The Morgan fingerprint density at radius 1 is 1.44 bits per heavy atom. The molecule has 16 heavy (non-hydrogen) atoms. The van der Waals surface area contributed by atoms with E-state index in [1.165, 1.54) is 6.07 Å². The van der Waals surface area contributed by atoms with Gasteiger partial charge in [-0.1, -0.05) is 0 Å². The maximum atomic E-state index is 10.8. The summed E-state index contributed by atoms with van der Waals surface area (Å²) >= 11 is 0. The van der Waals surface area contributed by atoms with Crippen molar-refractivity contribution < 1.29 is 9.72 Å². The molecule has 1 aromatic rings. The topological polar surface area (TPSA) is 108 Å². The first-order valence-corrected chi connectivity index (χ1v) is 4.18. The minimum Gasteiger partial charge on any atom is -0.298 e. The molecule has 0 spiro atoms. The van der Waals surface area contributed by atoms with Gasteiger partial charge in [0.25, 0.3) is 5.69 Å². The summed E-state index contributed by atoms with van der Waals surface area (Å²) in [6.45, 7) is 0. The molecule has 0 amide bonds. The number of aldehydes is 1. The highest BCUT2D eigenvalue weighted by Crippen LogP contribution is 2.24. The molecular formula is C10H5N3O3. The molecule has 0 aliphatic heterocycles. The van der Waals surface area contributed by atoms with E-state index in [1.54, 1.807) is 12.1 Å². The number of hydrogen-bond acceptors (Lipinski definition) is 5. The Kier molecular flexibility index (Phi) is 3.31. The van der Waals surface area contributed by atoms with Crippen molar-refractivity contribution >= 4 is 12.0 Å². The van der Waals surface area contributed by atoms with Crippen LogP contribution in [0.3, 0.4) is 0 Å². The maximum Gasteiger partial charge on any atom is 0.280 e. The lowest BCUT2D eigenvalue weighted by atomic mass is 9.98. The minimum absolute atomic E-state index is 0.106. The molecular weight excluding hydrogens is 210 g/mol. The van der Waals surface area contributed by atoms with E-state index in [-0.39, 0.29) is 28.8 Å². The molecule has 0 fully saturated rings. The zero-order valence-corrected chi connectivity index (χ0v) is 8.01. The van der Waals surface area contributed by atoms with Gasteiger partial charge in [-0.05, 0) is 6.07 Å². The van der Waals surface area contributed by atoms with Gasteiger partial charge in [0.05, 0.1) is 34.6 Å². The van der Waals surface area contributed by atoms with Crippen molar-refractivity contribution in [3.05, 3.63) is 38.9 Å². The van der Waals surface area contributed by atoms with Crippen LogP contribution in [0.25, 0.3) is 0 Å². The van der Waals surface area contributed by atoms with Crippen molar-refractivity contribution in [1.82, 2.24) is 0 Å². The second kappa shape index (κ2) is 4.67. The lowest BCUT2D eigenvalue weighted by Gasteiger charge is -2.03. The summed E-state index contributed by atoms with van der Waals surface area (Å²) in [7, 11) is 0. The Hall–Kier alpha value is -2.73. The van der Waals surface area contributed by atoms with Crippen LogP contribution in [0.4, 0.5) is 5.69 Å². The third-order valence-corrected chi connectivity index (χ3v) is 2.02. The number of carbonyl (C=O) groups excluding carboxylic acids is 1. The van der Waals surface area contributed by atoms with Gasteiger partial charge in [-0.2, -0.15) is 10.5 Å². The van der Waals surface area contributed by atoms with E-state index in [0.717, 1.165) is 6.07 Å². The summed E-state index contributed by atoms with van der Waals surface area (Å²) in [6, 6.07) is 5.88. The Balaban J connectivity index is 3.58. The zero-order chi connectivity index (χ0) is 12.1. The van der Waals surface area contributed by atoms with Gasteiger partial charge >= 0.3 is 0 Å². The summed E-state index contributed by atoms with van der Waals surface area (Å²) < 4.78 is 0. The van der Waals surface area contributed by atoms with Gasteiger partial charge in [-0.3, -0.25) is 14.9 Å². The fourth-order valence-corrected chi connectivity index (χ4v) is 1.32. The van der Waals surface area contributed by atoms with Gasteiger partial charge in [-0.25, -0.2) is 0 Å². The average Bonchev–Trinajstić information content (AvgIpc) is 2.28. The molecule has 0 radical (unpaired) electrons. The van der Waals surface area contributed by atoms with Crippen molar-refractivity contribution in [2.24, 2.45) is 0 Å². The first kappa shape index (κ1) is 11.3. The normalized spacial score (nSPS) is 8.88. The third-order valence-electron chi connectivity index (χ3n) is 2.02. The third kappa shape index (κ3) is 1.86. The quantitative estimate of drug-likeness (QED) is 0.429. The molecule has 6 nitrogen and oxygen atoms in total. The Morgan fingerprint density at radius 3 is 2.56 bits per heavy atom. The van der Waals surface area contributed by atoms with E-state index in [9.17, 15) is 14.9 Å². The number of nitro benzene ring substituents is 1. The standard InChI is InChI=1S/C10H5N3O3/c11-4-3-8-7(5-12)1-2-10(13(15)16)9(8)6-14/h1-2,6H,3H2. The van der Waals surface area contributed by atoms with Gasteiger partial charge in [0.15, 0.2) is 6.29 Å². The molecule has 0 bridgehead atoms. The summed E-state index contributed by atoms with van der Waals surface area (Å²) in [5.74, 6) is 0. The largest absolute Gasteiger partial charge is 0.298 e. The van der Waals surface area contributed by atoms with Gasteiger partial charge in [0, 0.05) is 11.6 Å². The number of rotatable bonds is 3. The molecule has 0 saturated heterocycles. The molecule has 78 valence electrons. The van der Waals surface area contributed by atoms with Crippen LogP contribution < -0.4 is 0 Å². The highest BCUT2D eigenvalue weighted by Gasteiger charge is 2.19. The monoisotopic (exact) mass is 215 g/mol. The molecule has 0 aliphatic carbocycles. The predicted octanol–water partition coefficient (Wildman–Crippen LogP) is 1.35. The first-order chi connectivity index (χ1) is 7.65. The van der Waals surface area contributed by atoms with E-state index in [2.05, 4.69) is 0 Å². The molecule has 0 aliphatic rings. The average molecular weight is 215 g/mol. The Bertz CT molecular complexity index is 537. The van der Waals surface area contributed by atoms with Crippen molar-refractivity contribution in [1.29, 1.82) is 10.5 Å². The number of carbonyl (C=O) groups is 1. The van der Waals surface area contributed by atoms with Crippen molar-refractivity contribution in [2.75, 3.05) is 0 Å². The van der Waals surface area contributed by atoms with Crippen molar-refractivity contribution in [3.8, 4) is 12.1 Å². The number of nitro groups is 1. The summed E-state index contributed by atoms with van der Waals surface area (Å²) in [4.78, 5) is 20.7. The van der Waals surface area contributed by atoms with Gasteiger partial charge in [-0.15, -0.1) is 0 Å². The van der Waals surface area contributed by atoms with Gasteiger partial charge in [0.1, 0.15) is 0 Å². The van der Waals surface area contributed by atoms with Crippen LogP contribution in [0, 0.1) is 32.8 Å². The van der Waals surface area contributed by atoms with Crippen molar-refractivity contribution in [3.63, 3.8) is 0 Å². The fourth-order valence-electron chi connectivity index (χ4n) is 1.32. The van der Waals surface area contributed by atoms with Crippen LogP contribution in [-0.2, 0) is 6.42 Å². The van der Waals surface area contributed by atoms with Crippen LogP contribution in [0.5, 0.6) is 0 Å². The van der Waals surface area contributed by atoms with Crippen LogP contribution in [0.15, 0.2) is 12.1 Å². The lowest BCUT2D eigenvalue weighted by Crippen LogP contribution is -2.02. The summed E-state index contributed by atoms with van der Waals surface area (Å²) in [5, 5.41) is 27.9.